The largest absolute Gasteiger partial charge is 0.442 e. The van der Waals surface area contributed by atoms with Gasteiger partial charge < -0.3 is 10.1 Å². The summed E-state index contributed by atoms with van der Waals surface area (Å²) < 4.78 is 5.21. The maximum Gasteiger partial charge on any atom is 0.414 e. The third kappa shape index (κ3) is 3.59. The van der Waals surface area contributed by atoms with Crippen LogP contribution in [0.25, 0.3) is 0 Å². The molecule has 0 radical (unpaired) electrons. The number of nitrogens with zero attached hydrogens (tertiary/aromatic N) is 1. The lowest BCUT2D eigenvalue weighted by Gasteiger charge is -2.13. The van der Waals surface area contributed by atoms with Gasteiger partial charge in [0.15, 0.2) is 5.78 Å². The van der Waals surface area contributed by atoms with Crippen LogP contribution in [0.15, 0.2) is 24.3 Å². The molecule has 1 saturated heterocycles. The number of ketones is 1. The Balaban J connectivity index is 1.99. The van der Waals surface area contributed by atoms with Gasteiger partial charge in [-0.3, -0.25) is 14.5 Å². The van der Waals surface area contributed by atoms with E-state index in [1.165, 1.54) is 11.8 Å². The Morgan fingerprint density at radius 1 is 1.33 bits per heavy atom. The number of amides is 2. The molecule has 1 fully saturated rings. The highest BCUT2D eigenvalue weighted by Crippen LogP contribution is 2.22. The molecule has 0 spiro atoms. The van der Waals surface area contributed by atoms with E-state index in [0.29, 0.717) is 30.8 Å². The van der Waals surface area contributed by atoms with Crippen molar-refractivity contribution in [3.05, 3.63) is 29.8 Å². The van der Waals surface area contributed by atoms with Gasteiger partial charge in [0.2, 0.25) is 5.91 Å². The van der Waals surface area contributed by atoms with Crippen molar-refractivity contribution in [3.63, 3.8) is 0 Å². The summed E-state index contributed by atoms with van der Waals surface area (Å²) in [5.41, 5.74) is 1.27. The molecular weight excluding hydrogens is 272 g/mol. The molecule has 0 bridgehead atoms. The lowest BCUT2D eigenvalue weighted by molar-refractivity contribution is -0.121. The molecule has 0 aliphatic carbocycles. The van der Waals surface area contributed by atoms with Gasteiger partial charge in [-0.15, -0.1) is 0 Å². The number of benzene rings is 1. The molecule has 1 atom stereocenters. The Morgan fingerprint density at radius 2 is 2.00 bits per heavy atom. The second-order valence-electron chi connectivity index (χ2n) is 4.88. The predicted molar refractivity (Wildman–Crippen MR) is 77.4 cm³/mol. The van der Waals surface area contributed by atoms with E-state index < -0.39 is 6.09 Å². The first-order chi connectivity index (χ1) is 10.0. The number of carbonyl (C=O) groups is 3. The van der Waals surface area contributed by atoms with Crippen molar-refractivity contribution in [3.8, 4) is 0 Å². The highest BCUT2D eigenvalue weighted by Gasteiger charge is 2.32. The van der Waals surface area contributed by atoms with E-state index in [2.05, 4.69) is 5.32 Å². The molecule has 1 aromatic carbocycles. The smallest absolute Gasteiger partial charge is 0.414 e. The third-order valence-electron chi connectivity index (χ3n) is 3.31. The summed E-state index contributed by atoms with van der Waals surface area (Å²) in [7, 11) is 0. The number of rotatable bonds is 5. The fourth-order valence-corrected chi connectivity index (χ4v) is 2.07. The van der Waals surface area contributed by atoms with Gasteiger partial charge in [-0.25, -0.2) is 4.79 Å². The molecule has 1 aliphatic heterocycles. The van der Waals surface area contributed by atoms with E-state index in [4.69, 9.17) is 4.74 Å². The average molecular weight is 290 g/mol. The first-order valence-electron chi connectivity index (χ1n) is 6.87. The van der Waals surface area contributed by atoms with Gasteiger partial charge in [0.05, 0.1) is 13.1 Å². The van der Waals surface area contributed by atoms with Crippen molar-refractivity contribution < 1.29 is 19.1 Å². The minimum Gasteiger partial charge on any atom is -0.442 e. The highest BCUT2D eigenvalue weighted by molar-refractivity contribution is 5.95. The summed E-state index contributed by atoms with van der Waals surface area (Å²) in [6, 6.07) is 6.78. The van der Waals surface area contributed by atoms with E-state index in [1.807, 2.05) is 0 Å². The SMILES string of the molecule is CCC(=O)NC[C@H]1CN(c2ccc(C(C)=O)cc2)C(=O)O1. The van der Waals surface area contributed by atoms with Gasteiger partial charge in [0, 0.05) is 17.7 Å². The molecule has 1 aliphatic rings. The number of anilines is 1. The molecule has 112 valence electrons. The number of hydrogen-bond donors (Lipinski definition) is 1. The van der Waals surface area contributed by atoms with E-state index >= 15 is 0 Å². The van der Waals surface area contributed by atoms with E-state index in [9.17, 15) is 14.4 Å². The fourth-order valence-electron chi connectivity index (χ4n) is 2.07. The molecule has 6 nitrogen and oxygen atoms in total. The Labute approximate surface area is 123 Å². The summed E-state index contributed by atoms with van der Waals surface area (Å²) in [5.74, 6) is -0.0963. The number of ether oxygens (including phenoxy) is 1. The van der Waals surface area contributed by atoms with Gasteiger partial charge in [-0.2, -0.15) is 0 Å². The van der Waals surface area contributed by atoms with Crippen LogP contribution in [0.4, 0.5) is 10.5 Å². The van der Waals surface area contributed by atoms with Crippen LogP contribution >= 0.6 is 0 Å². The first-order valence-corrected chi connectivity index (χ1v) is 6.87. The van der Waals surface area contributed by atoms with Crippen molar-refractivity contribution in [2.75, 3.05) is 18.0 Å². The number of hydrogen-bond acceptors (Lipinski definition) is 4. The zero-order chi connectivity index (χ0) is 15.4. The molecule has 6 heteroatoms. The summed E-state index contributed by atoms with van der Waals surface area (Å²) >= 11 is 0. The van der Waals surface area contributed by atoms with Crippen molar-refractivity contribution in [1.29, 1.82) is 0 Å². The first kappa shape index (κ1) is 15.0. The van der Waals surface area contributed by atoms with Crippen LogP contribution in [0.2, 0.25) is 0 Å². The fraction of sp³-hybridized carbons (Fsp3) is 0.400. The topological polar surface area (TPSA) is 75.7 Å². The highest BCUT2D eigenvalue weighted by atomic mass is 16.6. The van der Waals surface area contributed by atoms with Crippen molar-refractivity contribution >= 4 is 23.5 Å². The van der Waals surface area contributed by atoms with Crippen molar-refractivity contribution in [2.24, 2.45) is 0 Å². The second-order valence-corrected chi connectivity index (χ2v) is 4.88. The number of carbonyl (C=O) groups excluding carboxylic acids is 3. The minimum absolute atomic E-state index is 0.0225. The van der Waals surface area contributed by atoms with Crippen molar-refractivity contribution in [2.45, 2.75) is 26.4 Å². The molecule has 1 heterocycles. The van der Waals surface area contributed by atoms with Crippen LogP contribution in [0.3, 0.4) is 0 Å². The Kier molecular flexibility index (Phi) is 4.57. The van der Waals surface area contributed by atoms with Gasteiger partial charge in [0.25, 0.3) is 0 Å². The minimum atomic E-state index is -0.443. The third-order valence-corrected chi connectivity index (χ3v) is 3.31. The Bertz CT molecular complexity index is 553. The zero-order valence-corrected chi connectivity index (χ0v) is 12.1. The normalized spacial score (nSPS) is 17.5. The van der Waals surface area contributed by atoms with Crippen LogP contribution in [-0.2, 0) is 9.53 Å². The Morgan fingerprint density at radius 3 is 2.57 bits per heavy atom. The molecular formula is C15H18N2O4. The predicted octanol–water partition coefficient (Wildman–Crippen LogP) is 1.74. The van der Waals surface area contributed by atoms with Crippen LogP contribution in [0.1, 0.15) is 30.6 Å². The molecule has 1 N–H and O–H groups in total. The standard InChI is InChI=1S/C15H18N2O4/c1-3-14(19)16-8-13-9-17(15(20)21-13)12-6-4-11(5-7-12)10(2)18/h4-7,13H,3,8-9H2,1-2H3,(H,16,19)/t13-/m0/s1. The van der Waals surface area contributed by atoms with Crippen LogP contribution in [0.5, 0.6) is 0 Å². The quantitative estimate of drug-likeness (QED) is 0.838. The van der Waals surface area contributed by atoms with E-state index in [0.717, 1.165) is 0 Å². The molecule has 0 saturated carbocycles. The van der Waals surface area contributed by atoms with Gasteiger partial charge in [-0.05, 0) is 31.2 Å². The molecule has 1 aromatic rings. The van der Waals surface area contributed by atoms with Crippen LogP contribution in [-0.4, -0.2) is 37.0 Å². The van der Waals surface area contributed by atoms with Gasteiger partial charge >= 0.3 is 6.09 Å². The molecule has 0 unspecified atom stereocenters. The summed E-state index contributed by atoms with van der Waals surface area (Å²) in [5, 5.41) is 2.70. The summed E-state index contributed by atoms with van der Waals surface area (Å²) in [4.78, 5) is 35.8. The molecule has 21 heavy (non-hydrogen) atoms. The monoisotopic (exact) mass is 290 g/mol. The maximum atomic E-state index is 11.8. The van der Waals surface area contributed by atoms with Gasteiger partial charge in [-0.1, -0.05) is 6.92 Å². The van der Waals surface area contributed by atoms with Crippen LogP contribution < -0.4 is 10.2 Å². The summed E-state index contributed by atoms with van der Waals surface area (Å²) in [6.45, 7) is 3.94. The van der Waals surface area contributed by atoms with Gasteiger partial charge in [0.1, 0.15) is 6.10 Å². The number of Topliss-reactive ketones (excluding diaryl/α,β-unsaturated/α-hetero) is 1. The summed E-state index contributed by atoms with van der Waals surface area (Å²) in [6.07, 6.45) is -0.404. The lowest BCUT2D eigenvalue weighted by atomic mass is 10.1. The Hall–Kier alpha value is -2.37. The lowest BCUT2D eigenvalue weighted by Crippen LogP contribution is -2.34. The van der Waals surface area contributed by atoms with Crippen molar-refractivity contribution in [1.82, 2.24) is 5.32 Å². The average Bonchev–Trinajstić information content (AvgIpc) is 2.86. The molecule has 2 rings (SSSR count). The van der Waals surface area contributed by atoms with E-state index in [1.54, 1.807) is 31.2 Å². The molecule has 0 aromatic heterocycles. The number of cyclic esters (lactones) is 1. The van der Waals surface area contributed by atoms with Crippen LogP contribution in [0, 0.1) is 0 Å². The number of nitrogens with one attached hydrogen (secondary N) is 1. The molecule has 2 amide bonds. The zero-order valence-electron chi connectivity index (χ0n) is 12.1. The second kappa shape index (κ2) is 6.39. The van der Waals surface area contributed by atoms with E-state index in [-0.39, 0.29) is 17.8 Å². The maximum absolute atomic E-state index is 11.8.